The van der Waals surface area contributed by atoms with E-state index in [1.165, 1.54) is 0 Å². The second-order valence-electron chi connectivity index (χ2n) is 6.85. The Labute approximate surface area is 137 Å². The molecule has 23 heavy (non-hydrogen) atoms. The van der Waals surface area contributed by atoms with Gasteiger partial charge in [0.05, 0.1) is 11.3 Å². The molecule has 128 valence electrons. The number of aliphatic hydroxyl groups is 1. The summed E-state index contributed by atoms with van der Waals surface area (Å²) in [6, 6.07) is 7.54. The van der Waals surface area contributed by atoms with Crippen molar-refractivity contribution in [3.05, 3.63) is 24.3 Å². The number of hydrogen-bond donors (Lipinski definition) is 2. The van der Waals surface area contributed by atoms with Crippen LogP contribution in [0.1, 0.15) is 27.7 Å². The zero-order chi connectivity index (χ0) is 16.9. The van der Waals surface area contributed by atoms with E-state index in [-0.39, 0.29) is 18.2 Å². The Morgan fingerprint density at radius 1 is 1.39 bits per heavy atom. The fourth-order valence-electron chi connectivity index (χ4n) is 2.07. The molecule has 1 aliphatic rings. The average molecular weight is 323 g/mol. The van der Waals surface area contributed by atoms with Gasteiger partial charge in [-0.05, 0) is 39.8 Å². The van der Waals surface area contributed by atoms with Gasteiger partial charge in [0.2, 0.25) is 0 Å². The summed E-state index contributed by atoms with van der Waals surface area (Å²) in [6.07, 6.45) is -0.835. The number of benzene rings is 1. The van der Waals surface area contributed by atoms with Crippen molar-refractivity contribution in [2.45, 2.75) is 45.4 Å². The molecule has 1 aromatic carbocycles. The lowest BCUT2D eigenvalue weighted by atomic mass is 10.1. The molecule has 6 heteroatoms. The van der Waals surface area contributed by atoms with Gasteiger partial charge in [-0.15, -0.1) is 0 Å². The molecule has 0 amide bonds. The maximum Gasteiger partial charge on any atom is 0.174 e. The Hall–Kier alpha value is -1.79. The molecule has 2 atom stereocenters. The molecule has 0 unspecified atom stereocenters. The van der Waals surface area contributed by atoms with Crippen LogP contribution in [0.3, 0.4) is 0 Å². The maximum atomic E-state index is 9.88. The lowest BCUT2D eigenvalue weighted by molar-refractivity contribution is -0.722. The Bertz CT molecular complexity index is 540. The van der Waals surface area contributed by atoms with Crippen LogP contribution in [0.15, 0.2) is 29.4 Å². The SMILES string of the molecule is C/C(=N/OC[C@@H](O)C[NH2+]C(C)(C)C)[C@H]1COc2ccccc2O1. The summed E-state index contributed by atoms with van der Waals surface area (Å²) < 4.78 is 11.5. The molecule has 1 aromatic rings. The van der Waals surface area contributed by atoms with Crippen molar-refractivity contribution < 1.29 is 24.7 Å². The van der Waals surface area contributed by atoms with Crippen molar-refractivity contribution >= 4 is 5.71 Å². The van der Waals surface area contributed by atoms with Gasteiger partial charge in [0.1, 0.15) is 25.9 Å². The fraction of sp³-hybridized carbons (Fsp3) is 0.588. The number of nitrogens with zero attached hydrogens (tertiary/aromatic N) is 1. The van der Waals surface area contributed by atoms with Crippen LogP contribution < -0.4 is 14.8 Å². The van der Waals surface area contributed by atoms with E-state index in [1.54, 1.807) is 0 Å². The summed E-state index contributed by atoms with van der Waals surface area (Å²) in [4.78, 5) is 5.25. The summed E-state index contributed by atoms with van der Waals surface area (Å²) in [5, 5.41) is 16.0. The summed E-state index contributed by atoms with van der Waals surface area (Å²) >= 11 is 0. The highest BCUT2D eigenvalue weighted by Gasteiger charge is 2.23. The van der Waals surface area contributed by atoms with Crippen LogP contribution in [-0.4, -0.2) is 48.3 Å². The van der Waals surface area contributed by atoms with E-state index in [4.69, 9.17) is 14.3 Å². The molecule has 0 saturated heterocycles. The number of hydrogen-bond acceptors (Lipinski definition) is 5. The standard InChI is InChI=1S/C17H26N2O4/c1-12(19-22-10-13(20)9-18-17(2,3)4)16-11-21-14-7-5-6-8-15(14)23-16/h5-8,13,16,18,20H,9-11H2,1-4H3/p+1/b19-12-/t13-,16+/m0/s1. The minimum atomic E-state index is -0.560. The zero-order valence-electron chi connectivity index (χ0n) is 14.3. The molecule has 1 heterocycles. The summed E-state index contributed by atoms with van der Waals surface area (Å²) in [6.45, 7) is 9.26. The number of fused-ring (bicyclic) bond motifs is 1. The number of oxime groups is 1. The third-order valence-corrected chi connectivity index (χ3v) is 3.45. The van der Waals surface area contributed by atoms with Gasteiger partial charge in [0.25, 0.3) is 0 Å². The Balaban J connectivity index is 1.78. The maximum absolute atomic E-state index is 9.88. The van der Waals surface area contributed by atoms with Gasteiger partial charge in [-0.2, -0.15) is 0 Å². The van der Waals surface area contributed by atoms with E-state index in [2.05, 4.69) is 31.2 Å². The molecule has 6 nitrogen and oxygen atoms in total. The molecule has 0 bridgehead atoms. The van der Waals surface area contributed by atoms with E-state index in [0.717, 1.165) is 5.75 Å². The van der Waals surface area contributed by atoms with Crippen molar-refractivity contribution in [3.63, 3.8) is 0 Å². The summed E-state index contributed by atoms with van der Waals surface area (Å²) in [5.41, 5.74) is 0.771. The third-order valence-electron chi connectivity index (χ3n) is 3.45. The number of para-hydroxylation sites is 2. The van der Waals surface area contributed by atoms with E-state index in [0.29, 0.717) is 24.6 Å². The molecule has 0 saturated carbocycles. The first-order valence-electron chi connectivity index (χ1n) is 7.92. The normalized spacial score (nSPS) is 19.3. The van der Waals surface area contributed by atoms with Crippen LogP contribution in [0.5, 0.6) is 11.5 Å². The van der Waals surface area contributed by atoms with Crippen molar-refractivity contribution in [1.29, 1.82) is 0 Å². The first-order valence-corrected chi connectivity index (χ1v) is 7.92. The van der Waals surface area contributed by atoms with E-state index in [1.807, 2.05) is 31.2 Å². The quantitative estimate of drug-likeness (QED) is 0.603. The molecule has 0 spiro atoms. The average Bonchev–Trinajstić information content (AvgIpc) is 2.51. The Morgan fingerprint density at radius 3 is 2.78 bits per heavy atom. The highest BCUT2D eigenvalue weighted by atomic mass is 16.6. The molecular weight excluding hydrogens is 296 g/mol. The van der Waals surface area contributed by atoms with Crippen LogP contribution >= 0.6 is 0 Å². The van der Waals surface area contributed by atoms with Gasteiger partial charge in [0.15, 0.2) is 17.6 Å². The van der Waals surface area contributed by atoms with Crippen LogP contribution in [0.25, 0.3) is 0 Å². The zero-order valence-corrected chi connectivity index (χ0v) is 14.3. The monoisotopic (exact) mass is 323 g/mol. The molecule has 0 fully saturated rings. The minimum absolute atomic E-state index is 0.0842. The lowest BCUT2D eigenvalue weighted by Gasteiger charge is -2.26. The summed E-state index contributed by atoms with van der Waals surface area (Å²) in [7, 11) is 0. The largest absolute Gasteiger partial charge is 0.485 e. The fourth-order valence-corrected chi connectivity index (χ4v) is 2.07. The Kier molecular flexibility index (Phi) is 5.85. The van der Waals surface area contributed by atoms with E-state index < -0.39 is 6.10 Å². The van der Waals surface area contributed by atoms with Gasteiger partial charge in [-0.3, -0.25) is 0 Å². The number of rotatable bonds is 6. The highest BCUT2D eigenvalue weighted by molar-refractivity contribution is 5.86. The molecule has 1 aliphatic heterocycles. The van der Waals surface area contributed by atoms with Gasteiger partial charge >= 0.3 is 0 Å². The summed E-state index contributed by atoms with van der Waals surface area (Å²) in [5.74, 6) is 1.45. The first-order chi connectivity index (χ1) is 10.8. The second-order valence-corrected chi connectivity index (χ2v) is 6.85. The van der Waals surface area contributed by atoms with Gasteiger partial charge in [0, 0.05) is 0 Å². The minimum Gasteiger partial charge on any atom is -0.485 e. The van der Waals surface area contributed by atoms with Crippen LogP contribution in [0.2, 0.25) is 0 Å². The van der Waals surface area contributed by atoms with Crippen molar-refractivity contribution in [1.82, 2.24) is 0 Å². The molecule has 0 radical (unpaired) electrons. The number of nitrogens with two attached hydrogens (primary N) is 1. The van der Waals surface area contributed by atoms with Crippen molar-refractivity contribution in [2.75, 3.05) is 19.8 Å². The lowest BCUT2D eigenvalue weighted by Crippen LogP contribution is -2.96. The van der Waals surface area contributed by atoms with Crippen molar-refractivity contribution in [3.8, 4) is 11.5 Å². The molecule has 3 N–H and O–H groups in total. The Morgan fingerprint density at radius 2 is 2.09 bits per heavy atom. The van der Waals surface area contributed by atoms with E-state index in [9.17, 15) is 5.11 Å². The third kappa shape index (κ3) is 5.73. The molecule has 0 aromatic heterocycles. The molecular formula is C17H27N2O4+. The second kappa shape index (κ2) is 7.66. The number of ether oxygens (including phenoxy) is 2. The van der Waals surface area contributed by atoms with Crippen LogP contribution in [0, 0.1) is 0 Å². The predicted octanol–water partition coefficient (Wildman–Crippen LogP) is 0.942. The van der Waals surface area contributed by atoms with Gasteiger partial charge in [-0.1, -0.05) is 17.3 Å². The number of aliphatic hydroxyl groups excluding tert-OH is 1. The molecule has 0 aliphatic carbocycles. The highest BCUT2D eigenvalue weighted by Crippen LogP contribution is 2.31. The first kappa shape index (κ1) is 17.6. The van der Waals surface area contributed by atoms with Gasteiger partial charge in [-0.25, -0.2) is 0 Å². The topological polar surface area (TPSA) is 76.9 Å². The smallest absolute Gasteiger partial charge is 0.174 e. The van der Waals surface area contributed by atoms with E-state index >= 15 is 0 Å². The van der Waals surface area contributed by atoms with Crippen LogP contribution in [-0.2, 0) is 4.84 Å². The number of quaternary nitrogens is 1. The van der Waals surface area contributed by atoms with Gasteiger partial charge < -0.3 is 24.7 Å². The van der Waals surface area contributed by atoms with Crippen LogP contribution in [0.4, 0.5) is 0 Å². The molecule has 2 rings (SSSR count). The van der Waals surface area contributed by atoms with Crippen molar-refractivity contribution in [2.24, 2.45) is 5.16 Å². The predicted molar refractivity (Wildman–Crippen MR) is 88.0 cm³/mol.